The first-order chi connectivity index (χ1) is 19.9. The van der Waals surface area contributed by atoms with Gasteiger partial charge in [0.1, 0.15) is 17.3 Å². The van der Waals surface area contributed by atoms with Crippen molar-refractivity contribution in [3.8, 4) is 22.6 Å². The van der Waals surface area contributed by atoms with Gasteiger partial charge in [-0.2, -0.15) is 0 Å². The number of likely N-dealkylation sites (tertiary alicyclic amines) is 1. The van der Waals surface area contributed by atoms with Crippen molar-refractivity contribution in [3.05, 3.63) is 90.8 Å². The number of halogens is 1. The Morgan fingerprint density at radius 3 is 2.61 bits per heavy atom. The number of fused-ring (bicyclic) bond motifs is 1. The van der Waals surface area contributed by atoms with E-state index in [1.165, 1.54) is 6.07 Å². The topological polar surface area (TPSA) is 94.4 Å². The smallest absolute Gasteiger partial charge is 0.208 e. The summed E-state index contributed by atoms with van der Waals surface area (Å²) in [5.41, 5.74) is 4.32. The summed E-state index contributed by atoms with van der Waals surface area (Å²) in [7, 11) is 3.55. The molecule has 3 aromatic heterocycles. The first-order valence-corrected chi connectivity index (χ1v) is 13.3. The number of benzene rings is 2. The van der Waals surface area contributed by atoms with Gasteiger partial charge in [-0.1, -0.05) is 6.07 Å². The van der Waals surface area contributed by atoms with Crippen LogP contribution < -0.4 is 10.1 Å². The number of hydrogen-bond donors (Lipinski definition) is 1. The van der Waals surface area contributed by atoms with E-state index in [4.69, 9.17) is 9.47 Å². The summed E-state index contributed by atoms with van der Waals surface area (Å²) < 4.78 is 27.9. The lowest BCUT2D eigenvalue weighted by Gasteiger charge is -2.37. The lowest BCUT2D eigenvalue weighted by molar-refractivity contribution is -0.123. The number of Topliss-reactive ketones (excluding diaryl/α,β-unsaturated/α-hetero) is 1. The number of aryl methyl sites for hydroxylation is 1. The van der Waals surface area contributed by atoms with Gasteiger partial charge in [0.05, 0.1) is 41.5 Å². The van der Waals surface area contributed by atoms with Gasteiger partial charge >= 0.3 is 0 Å². The van der Waals surface area contributed by atoms with Gasteiger partial charge in [-0.15, -0.1) is 0 Å². The SMILES string of the molecule is COC1CN(CC(=O)Cc2cc(Oc3ccc4c(c3)nc(Nc3cc(-c5ccncc5)ccc3F)n4C)ccn2)C1. The van der Waals surface area contributed by atoms with Gasteiger partial charge in [-0.05, 0) is 53.6 Å². The van der Waals surface area contributed by atoms with E-state index in [1.54, 1.807) is 50.0 Å². The molecule has 9 nitrogen and oxygen atoms in total. The molecule has 0 unspecified atom stereocenters. The number of nitrogens with one attached hydrogen (secondary N) is 1. The van der Waals surface area contributed by atoms with Crippen LogP contribution in [-0.2, 0) is 23.0 Å². The standard InChI is InChI=1S/C31H29FN6O3/c1-37-30-6-4-24(41-25-9-12-34-22(15-25)14-23(39)17-38-18-26(19-38)40-2)16-29(30)36-31(37)35-28-13-21(3-5-27(28)32)20-7-10-33-11-8-20/h3-13,15-16,26H,14,17-19H2,1-2H3,(H,35,36). The Bertz CT molecular complexity index is 1700. The van der Waals surface area contributed by atoms with E-state index >= 15 is 0 Å². The quantitative estimate of drug-likeness (QED) is 0.254. The third-order valence-electron chi connectivity index (χ3n) is 7.14. The van der Waals surface area contributed by atoms with E-state index in [9.17, 15) is 9.18 Å². The molecule has 0 atom stereocenters. The van der Waals surface area contributed by atoms with Crippen molar-refractivity contribution in [1.29, 1.82) is 0 Å². The van der Waals surface area contributed by atoms with Crippen LogP contribution in [0.15, 0.2) is 79.3 Å². The third-order valence-corrected chi connectivity index (χ3v) is 7.14. The molecule has 1 aliphatic rings. The highest BCUT2D eigenvalue weighted by atomic mass is 19.1. The summed E-state index contributed by atoms with van der Waals surface area (Å²) in [5.74, 6) is 1.38. The van der Waals surface area contributed by atoms with Crippen LogP contribution in [0.5, 0.6) is 11.5 Å². The number of carbonyl (C=O) groups excluding carboxylic acids is 1. The maximum absolute atomic E-state index is 14.7. The number of imidazole rings is 1. The highest BCUT2D eigenvalue weighted by Crippen LogP contribution is 2.30. The van der Waals surface area contributed by atoms with Crippen molar-refractivity contribution in [3.63, 3.8) is 0 Å². The second-order valence-corrected chi connectivity index (χ2v) is 10.1. The summed E-state index contributed by atoms with van der Waals surface area (Å²) in [6.07, 6.45) is 5.49. The second kappa shape index (κ2) is 11.4. The van der Waals surface area contributed by atoms with Crippen molar-refractivity contribution in [2.75, 3.05) is 32.1 Å². The van der Waals surface area contributed by atoms with Crippen molar-refractivity contribution >= 4 is 28.5 Å². The molecular weight excluding hydrogens is 523 g/mol. The van der Waals surface area contributed by atoms with Crippen LogP contribution in [0.2, 0.25) is 0 Å². The fourth-order valence-corrected chi connectivity index (χ4v) is 4.88. The van der Waals surface area contributed by atoms with Crippen LogP contribution >= 0.6 is 0 Å². The monoisotopic (exact) mass is 552 g/mol. The van der Waals surface area contributed by atoms with Crippen LogP contribution in [0, 0.1) is 5.82 Å². The molecule has 5 aromatic rings. The van der Waals surface area contributed by atoms with Crippen LogP contribution in [-0.4, -0.2) is 63.1 Å². The number of ether oxygens (including phenoxy) is 2. The summed E-state index contributed by atoms with van der Waals surface area (Å²) in [5, 5.41) is 3.13. The maximum Gasteiger partial charge on any atom is 0.208 e. The van der Waals surface area contributed by atoms with Gasteiger partial charge in [0, 0.05) is 58.0 Å². The first kappa shape index (κ1) is 26.5. The normalized spacial score (nSPS) is 13.7. The van der Waals surface area contributed by atoms with E-state index < -0.39 is 0 Å². The van der Waals surface area contributed by atoms with Gasteiger partial charge in [-0.25, -0.2) is 9.37 Å². The Hall–Kier alpha value is -4.67. The molecule has 1 saturated heterocycles. The molecule has 10 heteroatoms. The highest BCUT2D eigenvalue weighted by molar-refractivity contribution is 5.83. The minimum atomic E-state index is -0.380. The van der Waals surface area contributed by atoms with Gasteiger partial charge in [0.25, 0.3) is 0 Å². The van der Waals surface area contributed by atoms with Crippen LogP contribution in [0.3, 0.4) is 0 Å². The third kappa shape index (κ3) is 5.93. The predicted octanol–water partition coefficient (Wildman–Crippen LogP) is 5.15. The molecule has 41 heavy (non-hydrogen) atoms. The van der Waals surface area contributed by atoms with E-state index in [-0.39, 0.29) is 24.1 Å². The average Bonchev–Trinajstić information content (AvgIpc) is 3.26. The van der Waals surface area contributed by atoms with Gasteiger partial charge in [-0.3, -0.25) is 19.7 Å². The highest BCUT2D eigenvalue weighted by Gasteiger charge is 2.27. The number of nitrogens with zero attached hydrogens (tertiary/aromatic N) is 5. The Morgan fingerprint density at radius 1 is 1.00 bits per heavy atom. The summed E-state index contributed by atoms with van der Waals surface area (Å²) in [6.45, 7) is 1.94. The van der Waals surface area contributed by atoms with Crippen molar-refractivity contribution in [2.24, 2.45) is 7.05 Å². The molecule has 2 aromatic carbocycles. The first-order valence-electron chi connectivity index (χ1n) is 13.3. The molecule has 0 radical (unpaired) electrons. The zero-order chi connectivity index (χ0) is 28.3. The molecular formula is C31H29FN6O3. The summed E-state index contributed by atoms with van der Waals surface area (Å²) in [6, 6.07) is 17.8. The van der Waals surface area contributed by atoms with Crippen molar-refractivity contribution in [2.45, 2.75) is 12.5 Å². The largest absolute Gasteiger partial charge is 0.457 e. The zero-order valence-electron chi connectivity index (χ0n) is 22.8. The van der Waals surface area contributed by atoms with E-state index in [2.05, 4.69) is 25.2 Å². The minimum absolute atomic E-state index is 0.0990. The number of carbonyl (C=O) groups is 1. The number of methoxy groups -OCH3 is 1. The van der Waals surface area contributed by atoms with Gasteiger partial charge in [0.15, 0.2) is 5.78 Å². The lowest BCUT2D eigenvalue weighted by atomic mass is 10.1. The van der Waals surface area contributed by atoms with Gasteiger partial charge in [0.2, 0.25) is 5.95 Å². The Balaban J connectivity index is 1.15. The predicted molar refractivity (Wildman–Crippen MR) is 154 cm³/mol. The Morgan fingerprint density at radius 2 is 1.80 bits per heavy atom. The molecule has 1 N–H and O–H groups in total. The molecule has 0 amide bonds. The van der Waals surface area contributed by atoms with Crippen LogP contribution in [0.1, 0.15) is 5.69 Å². The lowest BCUT2D eigenvalue weighted by Crippen LogP contribution is -2.53. The number of anilines is 2. The molecule has 6 rings (SSSR count). The molecule has 1 aliphatic heterocycles. The van der Waals surface area contributed by atoms with E-state index in [0.29, 0.717) is 40.9 Å². The fraction of sp³-hybridized carbons (Fsp3) is 0.226. The molecule has 0 spiro atoms. The molecule has 4 heterocycles. The zero-order valence-corrected chi connectivity index (χ0v) is 22.8. The molecule has 0 aliphatic carbocycles. The Kier molecular flexibility index (Phi) is 7.41. The van der Waals surface area contributed by atoms with E-state index in [1.807, 2.05) is 41.9 Å². The van der Waals surface area contributed by atoms with Crippen molar-refractivity contribution in [1.82, 2.24) is 24.4 Å². The molecule has 1 fully saturated rings. The van der Waals surface area contributed by atoms with Crippen LogP contribution in [0.4, 0.5) is 16.0 Å². The number of ketones is 1. The fourth-order valence-electron chi connectivity index (χ4n) is 4.88. The number of pyridine rings is 2. The number of aromatic nitrogens is 4. The Labute approximate surface area is 236 Å². The average molecular weight is 553 g/mol. The molecule has 0 bridgehead atoms. The van der Waals surface area contributed by atoms with Crippen LogP contribution in [0.25, 0.3) is 22.2 Å². The minimum Gasteiger partial charge on any atom is -0.457 e. The van der Waals surface area contributed by atoms with Gasteiger partial charge < -0.3 is 19.4 Å². The second-order valence-electron chi connectivity index (χ2n) is 10.1. The van der Waals surface area contributed by atoms with E-state index in [0.717, 1.165) is 29.7 Å². The number of rotatable bonds is 10. The molecule has 208 valence electrons. The molecule has 0 saturated carbocycles. The maximum atomic E-state index is 14.7. The van der Waals surface area contributed by atoms with Crippen molar-refractivity contribution < 1.29 is 18.7 Å². The summed E-state index contributed by atoms with van der Waals surface area (Å²) in [4.78, 5) is 27.6. The number of hydrogen-bond acceptors (Lipinski definition) is 8. The summed E-state index contributed by atoms with van der Waals surface area (Å²) >= 11 is 0.